The first-order valence-corrected chi connectivity index (χ1v) is 7.22. The molecule has 0 atom stereocenters. The maximum Gasteiger partial charge on any atom is 0.211 e. The van der Waals surface area contributed by atoms with Crippen LogP contribution >= 0.6 is 27.5 Å². The van der Waals surface area contributed by atoms with E-state index in [4.69, 9.17) is 11.6 Å². The topological polar surface area (TPSA) is 32.3 Å². The van der Waals surface area contributed by atoms with Gasteiger partial charge in [-0.3, -0.25) is 4.79 Å². The first-order chi connectivity index (χ1) is 9.60. The van der Waals surface area contributed by atoms with Crippen molar-refractivity contribution >= 4 is 45.3 Å². The number of nitrogens with one attached hydrogen (secondary N) is 1. The molecule has 0 spiro atoms. The fraction of sp³-hybridized carbons (Fsp3) is 0.133. The van der Waals surface area contributed by atoms with Crippen LogP contribution < -0.4 is 10.2 Å². The van der Waals surface area contributed by atoms with Gasteiger partial charge >= 0.3 is 0 Å². The highest BCUT2D eigenvalue weighted by Crippen LogP contribution is 2.29. The third-order valence-electron chi connectivity index (χ3n) is 2.92. The second-order valence-electron chi connectivity index (χ2n) is 4.41. The zero-order chi connectivity index (χ0) is 14.5. The van der Waals surface area contributed by atoms with Crippen LogP contribution in [0.4, 0.5) is 11.4 Å². The molecule has 0 aliphatic heterocycles. The summed E-state index contributed by atoms with van der Waals surface area (Å²) in [5.41, 5.74) is 2.87. The Labute approximate surface area is 131 Å². The van der Waals surface area contributed by atoms with E-state index in [0.29, 0.717) is 6.41 Å². The van der Waals surface area contributed by atoms with E-state index in [9.17, 15) is 4.79 Å². The van der Waals surface area contributed by atoms with E-state index in [1.54, 1.807) is 0 Å². The van der Waals surface area contributed by atoms with Crippen LogP contribution in [0.15, 0.2) is 46.9 Å². The van der Waals surface area contributed by atoms with Crippen molar-refractivity contribution in [3.8, 4) is 0 Å². The summed E-state index contributed by atoms with van der Waals surface area (Å²) >= 11 is 9.33. The molecule has 0 aliphatic carbocycles. The lowest BCUT2D eigenvalue weighted by molar-refractivity contribution is -0.105. The first kappa shape index (κ1) is 14.9. The van der Waals surface area contributed by atoms with Crippen molar-refractivity contribution in [3.05, 3.63) is 57.5 Å². The fourth-order valence-electron chi connectivity index (χ4n) is 1.95. The molecule has 0 aromatic heterocycles. The second kappa shape index (κ2) is 6.77. The van der Waals surface area contributed by atoms with Crippen LogP contribution in [0.1, 0.15) is 5.56 Å². The predicted octanol–water partition coefficient (Wildman–Crippen LogP) is 4.31. The molecule has 0 saturated heterocycles. The van der Waals surface area contributed by atoms with Gasteiger partial charge in [-0.05, 0) is 35.9 Å². The molecule has 3 nitrogen and oxygen atoms in total. The molecule has 0 fully saturated rings. The quantitative estimate of drug-likeness (QED) is 0.813. The molecule has 20 heavy (non-hydrogen) atoms. The fourth-order valence-corrected chi connectivity index (χ4v) is 2.43. The lowest BCUT2D eigenvalue weighted by Crippen LogP contribution is -2.18. The molecule has 0 heterocycles. The highest BCUT2D eigenvalue weighted by Gasteiger charge is 2.08. The lowest BCUT2D eigenvalue weighted by Gasteiger charge is -2.22. The van der Waals surface area contributed by atoms with Crippen LogP contribution in [-0.2, 0) is 11.3 Å². The summed E-state index contributed by atoms with van der Waals surface area (Å²) in [6.07, 6.45) is 0.683. The van der Waals surface area contributed by atoms with E-state index < -0.39 is 0 Å². The number of carbonyl (C=O) groups excluding carboxylic acids is 1. The molecule has 0 radical (unpaired) electrons. The third-order valence-corrected chi connectivity index (χ3v) is 3.66. The maximum absolute atomic E-state index is 10.7. The maximum atomic E-state index is 10.7. The predicted molar refractivity (Wildman–Crippen MR) is 87.4 cm³/mol. The van der Waals surface area contributed by atoms with Crippen molar-refractivity contribution < 1.29 is 4.79 Å². The van der Waals surface area contributed by atoms with Crippen LogP contribution in [0.5, 0.6) is 0 Å². The summed E-state index contributed by atoms with van der Waals surface area (Å²) in [6, 6.07) is 13.5. The summed E-state index contributed by atoms with van der Waals surface area (Å²) in [5, 5.41) is 3.44. The molecule has 0 bridgehead atoms. The Morgan fingerprint density at radius 1 is 1.25 bits per heavy atom. The molecule has 104 valence electrons. The largest absolute Gasteiger partial charge is 0.369 e. The van der Waals surface area contributed by atoms with Gasteiger partial charge in [-0.15, -0.1) is 0 Å². The molecule has 0 aliphatic rings. The highest BCUT2D eigenvalue weighted by atomic mass is 79.9. The smallest absolute Gasteiger partial charge is 0.211 e. The van der Waals surface area contributed by atoms with Crippen LogP contribution in [-0.4, -0.2) is 13.5 Å². The zero-order valence-electron chi connectivity index (χ0n) is 10.9. The van der Waals surface area contributed by atoms with Gasteiger partial charge in [0, 0.05) is 23.1 Å². The SMILES string of the molecule is CN(Cc1ccc(Cl)cc1)c1cc(Br)ccc1NC=O. The van der Waals surface area contributed by atoms with E-state index in [2.05, 4.69) is 26.1 Å². The van der Waals surface area contributed by atoms with Gasteiger partial charge in [-0.2, -0.15) is 0 Å². The van der Waals surface area contributed by atoms with Gasteiger partial charge in [-0.1, -0.05) is 39.7 Å². The minimum Gasteiger partial charge on any atom is -0.369 e. The minimum atomic E-state index is 0.683. The van der Waals surface area contributed by atoms with Crippen LogP contribution in [0.25, 0.3) is 0 Å². The summed E-state index contributed by atoms with van der Waals surface area (Å²) in [5.74, 6) is 0. The van der Waals surface area contributed by atoms with Gasteiger partial charge in [-0.25, -0.2) is 0 Å². The van der Waals surface area contributed by atoms with Crippen molar-refractivity contribution in [1.82, 2.24) is 0 Å². The Kier molecular flexibility index (Phi) is 5.04. The van der Waals surface area contributed by atoms with E-state index in [-0.39, 0.29) is 0 Å². The Bertz CT molecular complexity index is 601. The van der Waals surface area contributed by atoms with Gasteiger partial charge in [0.05, 0.1) is 11.4 Å². The van der Waals surface area contributed by atoms with Gasteiger partial charge in [0.1, 0.15) is 0 Å². The number of rotatable bonds is 5. The van der Waals surface area contributed by atoms with Crippen molar-refractivity contribution in [2.75, 3.05) is 17.3 Å². The van der Waals surface area contributed by atoms with Gasteiger partial charge in [0.25, 0.3) is 0 Å². The summed E-state index contributed by atoms with van der Waals surface area (Å²) in [6.45, 7) is 0.723. The molecule has 0 unspecified atom stereocenters. The molecule has 1 amide bonds. The van der Waals surface area contributed by atoms with Crippen molar-refractivity contribution in [2.45, 2.75) is 6.54 Å². The monoisotopic (exact) mass is 352 g/mol. The number of hydrogen-bond acceptors (Lipinski definition) is 2. The third kappa shape index (κ3) is 3.74. The molecule has 5 heteroatoms. The number of halogens is 2. The summed E-state index contributed by atoms with van der Waals surface area (Å²) < 4.78 is 0.965. The molecule has 1 N–H and O–H groups in total. The van der Waals surface area contributed by atoms with E-state index in [1.807, 2.05) is 49.5 Å². The standard InChI is InChI=1S/C15H14BrClN2O/c1-19(9-11-2-5-13(17)6-3-11)15-8-12(16)4-7-14(15)18-10-20/h2-8,10H,9H2,1H3,(H,18,20). The molecule has 2 aromatic rings. The Balaban J connectivity index is 2.23. The van der Waals surface area contributed by atoms with Crippen molar-refractivity contribution in [2.24, 2.45) is 0 Å². The Morgan fingerprint density at radius 3 is 2.60 bits per heavy atom. The number of anilines is 2. The minimum absolute atomic E-state index is 0.683. The Morgan fingerprint density at radius 2 is 1.95 bits per heavy atom. The number of amides is 1. The Hall–Kier alpha value is -1.52. The molecule has 2 aromatic carbocycles. The average Bonchev–Trinajstić information content (AvgIpc) is 2.43. The number of nitrogens with zero attached hydrogens (tertiary/aromatic N) is 1. The van der Waals surface area contributed by atoms with E-state index >= 15 is 0 Å². The van der Waals surface area contributed by atoms with Crippen LogP contribution in [0.2, 0.25) is 5.02 Å². The van der Waals surface area contributed by atoms with Gasteiger partial charge in [0.15, 0.2) is 0 Å². The van der Waals surface area contributed by atoms with Crippen LogP contribution in [0.3, 0.4) is 0 Å². The first-order valence-electron chi connectivity index (χ1n) is 6.05. The summed E-state index contributed by atoms with van der Waals surface area (Å²) in [7, 11) is 1.98. The number of hydrogen-bond donors (Lipinski definition) is 1. The highest BCUT2D eigenvalue weighted by molar-refractivity contribution is 9.10. The normalized spacial score (nSPS) is 10.2. The number of carbonyl (C=O) groups is 1. The summed E-state index contributed by atoms with van der Waals surface area (Å²) in [4.78, 5) is 12.7. The average molecular weight is 354 g/mol. The van der Waals surface area contributed by atoms with Gasteiger partial charge in [0.2, 0.25) is 6.41 Å². The van der Waals surface area contributed by atoms with E-state index in [1.165, 1.54) is 0 Å². The lowest BCUT2D eigenvalue weighted by atomic mass is 10.2. The molecular weight excluding hydrogens is 340 g/mol. The van der Waals surface area contributed by atoms with E-state index in [0.717, 1.165) is 33.0 Å². The van der Waals surface area contributed by atoms with Gasteiger partial charge < -0.3 is 10.2 Å². The van der Waals surface area contributed by atoms with Crippen molar-refractivity contribution in [3.63, 3.8) is 0 Å². The number of benzene rings is 2. The van der Waals surface area contributed by atoms with Crippen LogP contribution in [0, 0.1) is 0 Å². The molecule has 0 saturated carbocycles. The van der Waals surface area contributed by atoms with Crippen molar-refractivity contribution in [1.29, 1.82) is 0 Å². The molecular formula is C15H14BrClN2O. The molecule has 2 rings (SSSR count). The zero-order valence-corrected chi connectivity index (χ0v) is 13.3. The second-order valence-corrected chi connectivity index (χ2v) is 5.76.